The van der Waals surface area contributed by atoms with E-state index in [-0.39, 0.29) is 17.6 Å². The lowest BCUT2D eigenvalue weighted by Gasteiger charge is -2.44. The smallest absolute Gasteiger partial charge is 0.352 e. The fourth-order valence-corrected chi connectivity index (χ4v) is 3.52. The van der Waals surface area contributed by atoms with Crippen molar-refractivity contribution in [2.24, 2.45) is 10.9 Å². The largest absolute Gasteiger partial charge is 0.477 e. The molecule has 0 radical (unpaired) electrons. The minimum absolute atomic E-state index is 0.0987. The van der Waals surface area contributed by atoms with Crippen molar-refractivity contribution < 1.29 is 19.8 Å². The van der Waals surface area contributed by atoms with E-state index in [9.17, 15) is 19.8 Å². The number of hydrogen-bond donors (Lipinski definition) is 2. The molecule has 0 bridgehead atoms. The van der Waals surface area contributed by atoms with Crippen LogP contribution in [0.4, 0.5) is 0 Å². The van der Waals surface area contributed by atoms with Crippen LogP contribution in [-0.2, 0) is 9.59 Å². The Balaban J connectivity index is 1.84. The molecule has 7 nitrogen and oxygen atoms in total. The minimum Gasteiger partial charge on any atom is -0.477 e. The molecule has 0 spiro atoms. The number of hydrogen-bond acceptors (Lipinski definition) is 5. The van der Waals surface area contributed by atoms with Crippen molar-refractivity contribution >= 4 is 17.7 Å². The number of aliphatic hydroxyl groups is 1. The number of nitrogens with zero attached hydrogens (tertiary/aromatic N) is 3. The molecule has 21 heavy (non-hydrogen) atoms. The van der Waals surface area contributed by atoms with E-state index in [2.05, 4.69) is 4.99 Å². The first kappa shape index (κ1) is 14.1. The van der Waals surface area contributed by atoms with Crippen LogP contribution in [0.5, 0.6) is 0 Å². The van der Waals surface area contributed by atoms with E-state index in [1.165, 1.54) is 4.90 Å². The van der Waals surface area contributed by atoms with Crippen LogP contribution in [0, 0.1) is 5.92 Å². The Hall–Kier alpha value is -1.89. The first-order chi connectivity index (χ1) is 9.91. The number of aliphatic carboxylic acids is 1. The lowest BCUT2D eigenvalue weighted by atomic mass is 9.83. The molecule has 0 aliphatic carbocycles. The standard InChI is InChI=1S/C14H19N3O4/c1-7(18)11-10-5-9(6-16-4-3-15-8(16)2)12(14(20)21)17(10)13(11)19/h7,10-11,18H,3-6H2,1-2H3,(H,20,21)/t7-,10-,11-/m1/s1. The summed E-state index contributed by atoms with van der Waals surface area (Å²) in [6, 6.07) is -0.210. The minimum atomic E-state index is -1.07. The molecular formula is C14H19N3O4. The normalized spacial score (nSPS) is 29.5. The molecule has 1 saturated heterocycles. The highest BCUT2D eigenvalue weighted by Gasteiger charge is 2.56. The van der Waals surface area contributed by atoms with E-state index in [1.807, 2.05) is 11.8 Å². The molecule has 3 heterocycles. The van der Waals surface area contributed by atoms with Crippen molar-refractivity contribution in [3.8, 4) is 0 Å². The predicted molar refractivity (Wildman–Crippen MR) is 74.6 cm³/mol. The van der Waals surface area contributed by atoms with Gasteiger partial charge in [-0.05, 0) is 25.8 Å². The van der Waals surface area contributed by atoms with Gasteiger partial charge in [-0.2, -0.15) is 0 Å². The summed E-state index contributed by atoms with van der Waals surface area (Å²) in [7, 11) is 0. The third-order valence-electron chi connectivity index (χ3n) is 4.57. The maximum absolute atomic E-state index is 12.1. The molecule has 0 saturated carbocycles. The fraction of sp³-hybridized carbons (Fsp3) is 0.643. The molecule has 3 atom stereocenters. The molecule has 0 aromatic heterocycles. The molecule has 0 unspecified atom stereocenters. The highest BCUT2D eigenvalue weighted by molar-refractivity contribution is 5.99. The monoisotopic (exact) mass is 293 g/mol. The number of carboxylic acid groups (broad SMARTS) is 1. The van der Waals surface area contributed by atoms with E-state index in [4.69, 9.17) is 0 Å². The summed E-state index contributed by atoms with van der Waals surface area (Å²) in [5, 5.41) is 19.1. The van der Waals surface area contributed by atoms with Crippen LogP contribution in [0.1, 0.15) is 20.3 Å². The molecule has 7 heteroatoms. The first-order valence-electron chi connectivity index (χ1n) is 7.14. The first-order valence-corrected chi connectivity index (χ1v) is 7.14. The van der Waals surface area contributed by atoms with Gasteiger partial charge in [0.25, 0.3) is 0 Å². The number of rotatable bonds is 4. The number of carbonyl (C=O) groups is 2. The Morgan fingerprint density at radius 3 is 2.76 bits per heavy atom. The quantitative estimate of drug-likeness (QED) is 0.692. The Labute approximate surface area is 122 Å². The average Bonchev–Trinajstić information content (AvgIpc) is 2.92. The third-order valence-corrected chi connectivity index (χ3v) is 4.57. The van der Waals surface area contributed by atoms with Gasteiger partial charge in [0.2, 0.25) is 5.91 Å². The molecule has 3 aliphatic rings. The van der Waals surface area contributed by atoms with Gasteiger partial charge in [-0.15, -0.1) is 0 Å². The lowest BCUT2D eigenvalue weighted by Crippen LogP contribution is -2.61. The summed E-state index contributed by atoms with van der Waals surface area (Å²) in [6.45, 7) is 5.48. The van der Waals surface area contributed by atoms with E-state index in [1.54, 1.807) is 6.92 Å². The Bertz CT molecular complexity index is 567. The number of fused-ring (bicyclic) bond motifs is 1. The predicted octanol–water partition coefficient (Wildman–Crippen LogP) is -0.329. The van der Waals surface area contributed by atoms with E-state index in [0.717, 1.165) is 24.5 Å². The molecule has 0 aromatic rings. The highest BCUT2D eigenvalue weighted by atomic mass is 16.4. The fourth-order valence-electron chi connectivity index (χ4n) is 3.52. The van der Waals surface area contributed by atoms with Gasteiger partial charge in [0.05, 0.1) is 30.4 Å². The van der Waals surface area contributed by atoms with Crippen LogP contribution < -0.4 is 0 Å². The molecule has 2 N–H and O–H groups in total. The van der Waals surface area contributed by atoms with Crippen LogP contribution in [0.15, 0.2) is 16.3 Å². The van der Waals surface area contributed by atoms with Crippen LogP contribution in [0.25, 0.3) is 0 Å². The van der Waals surface area contributed by atoms with Gasteiger partial charge in [0.15, 0.2) is 0 Å². The van der Waals surface area contributed by atoms with E-state index >= 15 is 0 Å². The number of aliphatic hydroxyl groups excluding tert-OH is 1. The summed E-state index contributed by atoms with van der Waals surface area (Å²) in [5.74, 6) is -0.932. The zero-order valence-electron chi connectivity index (χ0n) is 12.1. The van der Waals surface area contributed by atoms with Crippen molar-refractivity contribution in [1.82, 2.24) is 9.80 Å². The number of β-lactam (4-membered cyclic amide) rings is 1. The van der Waals surface area contributed by atoms with Crippen molar-refractivity contribution in [2.45, 2.75) is 32.4 Å². The van der Waals surface area contributed by atoms with Gasteiger partial charge in [-0.1, -0.05) is 0 Å². The zero-order chi connectivity index (χ0) is 15.3. The molecule has 3 aliphatic heterocycles. The number of carbonyl (C=O) groups excluding carboxylic acids is 1. The van der Waals surface area contributed by atoms with Crippen LogP contribution >= 0.6 is 0 Å². The van der Waals surface area contributed by atoms with Gasteiger partial charge in [0, 0.05) is 13.1 Å². The molecule has 1 amide bonds. The van der Waals surface area contributed by atoms with E-state index in [0.29, 0.717) is 13.0 Å². The lowest BCUT2D eigenvalue weighted by molar-refractivity contribution is -0.161. The van der Waals surface area contributed by atoms with Gasteiger partial charge in [-0.25, -0.2) is 4.79 Å². The Morgan fingerprint density at radius 1 is 1.52 bits per heavy atom. The second-order valence-corrected chi connectivity index (χ2v) is 5.85. The summed E-state index contributed by atoms with van der Waals surface area (Å²) in [5.41, 5.74) is 0.849. The summed E-state index contributed by atoms with van der Waals surface area (Å²) < 4.78 is 0. The Kier molecular flexibility index (Phi) is 3.24. The van der Waals surface area contributed by atoms with Crippen LogP contribution in [0.2, 0.25) is 0 Å². The number of carboxylic acids is 1. The number of amidine groups is 1. The maximum atomic E-state index is 12.1. The van der Waals surface area contributed by atoms with Gasteiger partial charge < -0.3 is 20.0 Å². The van der Waals surface area contributed by atoms with Crippen molar-refractivity contribution in [3.63, 3.8) is 0 Å². The maximum Gasteiger partial charge on any atom is 0.352 e. The Morgan fingerprint density at radius 2 is 2.24 bits per heavy atom. The zero-order valence-corrected chi connectivity index (χ0v) is 12.1. The molecule has 1 fully saturated rings. The highest BCUT2D eigenvalue weighted by Crippen LogP contribution is 2.43. The van der Waals surface area contributed by atoms with Crippen molar-refractivity contribution in [2.75, 3.05) is 19.6 Å². The molecule has 3 rings (SSSR count). The topological polar surface area (TPSA) is 93.4 Å². The second-order valence-electron chi connectivity index (χ2n) is 5.85. The number of amides is 1. The molecule has 0 aromatic carbocycles. The average molecular weight is 293 g/mol. The van der Waals surface area contributed by atoms with Crippen LogP contribution in [0.3, 0.4) is 0 Å². The third kappa shape index (κ3) is 2.03. The molecule has 114 valence electrons. The van der Waals surface area contributed by atoms with Gasteiger partial charge >= 0.3 is 5.97 Å². The summed E-state index contributed by atoms with van der Waals surface area (Å²) in [4.78, 5) is 31.3. The molecular weight excluding hydrogens is 274 g/mol. The number of aliphatic imine (C=N–C) groups is 1. The summed E-state index contributed by atoms with van der Waals surface area (Å²) in [6.07, 6.45) is -0.226. The van der Waals surface area contributed by atoms with Gasteiger partial charge in [-0.3, -0.25) is 9.79 Å². The van der Waals surface area contributed by atoms with Crippen molar-refractivity contribution in [3.05, 3.63) is 11.3 Å². The van der Waals surface area contributed by atoms with Gasteiger partial charge in [0.1, 0.15) is 5.70 Å². The van der Waals surface area contributed by atoms with E-state index < -0.39 is 18.0 Å². The van der Waals surface area contributed by atoms with Crippen LogP contribution in [-0.4, -0.2) is 69.5 Å². The summed E-state index contributed by atoms with van der Waals surface area (Å²) >= 11 is 0. The van der Waals surface area contributed by atoms with Crippen molar-refractivity contribution in [1.29, 1.82) is 0 Å². The SMILES string of the molecule is CC1=NCCN1CC1=C(C(=O)O)N2C(=O)[C@H]([C@@H](C)O)[C@H]2C1. The second kappa shape index (κ2) is 4.84.